The number of hydrogen-bond donors (Lipinski definition) is 2. The molecule has 2 rings (SSSR count). The summed E-state index contributed by atoms with van der Waals surface area (Å²) in [7, 11) is 0. The average molecular weight is 272 g/mol. The molecule has 1 atom stereocenters. The van der Waals surface area contributed by atoms with Gasteiger partial charge in [0.15, 0.2) is 0 Å². The number of imidazole rings is 1. The quantitative estimate of drug-likeness (QED) is 0.505. The first-order valence-electron chi connectivity index (χ1n) is 6.60. The first kappa shape index (κ1) is 14.3. The Bertz CT molecular complexity index is 601. The molecule has 0 saturated heterocycles. The summed E-state index contributed by atoms with van der Waals surface area (Å²) < 4.78 is 2.11. The van der Waals surface area contributed by atoms with Crippen LogP contribution in [0.5, 0.6) is 0 Å². The maximum Gasteiger partial charge on any atom is 0.241 e. The van der Waals surface area contributed by atoms with Crippen LogP contribution in [0, 0.1) is 13.8 Å². The number of nitrogens with zero attached hydrogens (tertiary/aromatic N) is 2. The lowest BCUT2D eigenvalue weighted by atomic mass is 9.99. The van der Waals surface area contributed by atoms with Gasteiger partial charge in [-0.1, -0.05) is 24.3 Å². The maximum atomic E-state index is 11.5. The highest BCUT2D eigenvalue weighted by atomic mass is 16.2. The predicted molar refractivity (Wildman–Crippen MR) is 78.0 cm³/mol. The summed E-state index contributed by atoms with van der Waals surface area (Å²) in [5.74, 6) is 4.73. The smallest absolute Gasteiger partial charge is 0.241 e. The third kappa shape index (κ3) is 2.88. The fourth-order valence-corrected chi connectivity index (χ4v) is 2.09. The second-order valence-electron chi connectivity index (χ2n) is 5.02. The molecule has 0 spiro atoms. The van der Waals surface area contributed by atoms with Crippen LogP contribution >= 0.6 is 0 Å². The lowest BCUT2D eigenvalue weighted by Gasteiger charge is -2.11. The molecule has 0 bridgehead atoms. The van der Waals surface area contributed by atoms with Crippen molar-refractivity contribution in [3.8, 4) is 0 Å². The summed E-state index contributed by atoms with van der Waals surface area (Å²) in [5, 5.41) is 0. The Morgan fingerprint density at radius 2 is 2.00 bits per heavy atom. The molecule has 20 heavy (non-hydrogen) atoms. The molecule has 1 aromatic carbocycles. The van der Waals surface area contributed by atoms with Crippen molar-refractivity contribution in [2.24, 2.45) is 5.84 Å². The maximum absolute atomic E-state index is 11.5. The minimum absolute atomic E-state index is 0.182. The van der Waals surface area contributed by atoms with E-state index in [0.29, 0.717) is 0 Å². The van der Waals surface area contributed by atoms with Gasteiger partial charge in [0.2, 0.25) is 5.91 Å². The first-order valence-corrected chi connectivity index (χ1v) is 6.60. The first-order chi connectivity index (χ1) is 9.52. The summed E-state index contributed by atoms with van der Waals surface area (Å²) in [6.45, 7) is 6.68. The molecule has 0 aliphatic heterocycles. The van der Waals surface area contributed by atoms with Crippen molar-refractivity contribution in [1.29, 1.82) is 0 Å². The molecule has 0 fully saturated rings. The zero-order valence-electron chi connectivity index (χ0n) is 12.1. The van der Waals surface area contributed by atoms with Gasteiger partial charge in [-0.3, -0.25) is 10.2 Å². The number of carbonyl (C=O) groups is 1. The monoisotopic (exact) mass is 272 g/mol. The van der Waals surface area contributed by atoms with Gasteiger partial charge >= 0.3 is 0 Å². The number of aromatic nitrogens is 2. The summed E-state index contributed by atoms with van der Waals surface area (Å²) in [6.07, 6.45) is 1.85. The number of hydrazine groups is 1. The van der Waals surface area contributed by atoms with Crippen molar-refractivity contribution < 1.29 is 4.79 Å². The van der Waals surface area contributed by atoms with Crippen LogP contribution in [-0.4, -0.2) is 15.5 Å². The number of carbonyl (C=O) groups excluding carboxylic acids is 1. The predicted octanol–water partition coefficient (Wildman–Crippen LogP) is 1.64. The molecular formula is C15H20N4O. The van der Waals surface area contributed by atoms with Gasteiger partial charge < -0.3 is 4.57 Å². The van der Waals surface area contributed by atoms with Crippen LogP contribution in [0.15, 0.2) is 30.6 Å². The van der Waals surface area contributed by atoms with Crippen LogP contribution in [0.3, 0.4) is 0 Å². The normalized spacial score (nSPS) is 12.2. The fraction of sp³-hybridized carbons (Fsp3) is 0.333. The molecule has 2 aromatic rings. The fourth-order valence-electron chi connectivity index (χ4n) is 2.09. The molecule has 1 unspecified atom stereocenters. The minimum Gasteiger partial charge on any atom is -0.330 e. The largest absolute Gasteiger partial charge is 0.330 e. The van der Waals surface area contributed by atoms with Crippen molar-refractivity contribution in [2.75, 3.05) is 0 Å². The number of rotatable bonds is 4. The van der Waals surface area contributed by atoms with Crippen LogP contribution < -0.4 is 11.3 Å². The van der Waals surface area contributed by atoms with E-state index in [2.05, 4.69) is 21.9 Å². The summed E-state index contributed by atoms with van der Waals surface area (Å²) in [5.41, 5.74) is 6.53. The van der Waals surface area contributed by atoms with Gasteiger partial charge in [-0.05, 0) is 31.9 Å². The molecule has 1 heterocycles. The Balaban J connectivity index is 2.12. The van der Waals surface area contributed by atoms with E-state index in [1.165, 1.54) is 11.3 Å². The topological polar surface area (TPSA) is 72.9 Å². The Morgan fingerprint density at radius 3 is 2.50 bits per heavy atom. The van der Waals surface area contributed by atoms with E-state index < -0.39 is 0 Å². The van der Waals surface area contributed by atoms with Crippen molar-refractivity contribution in [3.05, 3.63) is 53.1 Å². The zero-order valence-corrected chi connectivity index (χ0v) is 12.1. The van der Waals surface area contributed by atoms with Gasteiger partial charge in [-0.25, -0.2) is 10.8 Å². The third-order valence-corrected chi connectivity index (χ3v) is 3.71. The number of benzene rings is 1. The Labute approximate surface area is 118 Å². The molecule has 0 saturated carbocycles. The second-order valence-corrected chi connectivity index (χ2v) is 5.02. The lowest BCUT2D eigenvalue weighted by Crippen LogP contribution is -2.33. The van der Waals surface area contributed by atoms with Gasteiger partial charge in [0.1, 0.15) is 0 Å². The molecule has 1 amide bonds. The van der Waals surface area contributed by atoms with Crippen molar-refractivity contribution in [1.82, 2.24) is 15.0 Å². The zero-order chi connectivity index (χ0) is 14.7. The van der Waals surface area contributed by atoms with E-state index in [0.717, 1.165) is 17.8 Å². The van der Waals surface area contributed by atoms with Gasteiger partial charge in [0.05, 0.1) is 17.9 Å². The van der Waals surface area contributed by atoms with Crippen LogP contribution in [0.1, 0.15) is 35.4 Å². The van der Waals surface area contributed by atoms with Crippen LogP contribution in [0.2, 0.25) is 0 Å². The van der Waals surface area contributed by atoms with E-state index in [9.17, 15) is 4.79 Å². The van der Waals surface area contributed by atoms with E-state index in [4.69, 9.17) is 5.84 Å². The molecule has 1 aromatic heterocycles. The number of hydrogen-bond acceptors (Lipinski definition) is 3. The van der Waals surface area contributed by atoms with Gasteiger partial charge in [0.25, 0.3) is 0 Å². The van der Waals surface area contributed by atoms with Crippen molar-refractivity contribution in [3.63, 3.8) is 0 Å². The average Bonchev–Trinajstić information content (AvgIpc) is 2.78. The lowest BCUT2D eigenvalue weighted by molar-refractivity contribution is -0.122. The molecular weight excluding hydrogens is 252 g/mol. The molecule has 3 N–H and O–H groups in total. The van der Waals surface area contributed by atoms with Gasteiger partial charge in [-0.15, -0.1) is 0 Å². The minimum atomic E-state index is -0.244. The van der Waals surface area contributed by atoms with Gasteiger partial charge in [0, 0.05) is 12.2 Å². The summed E-state index contributed by atoms with van der Waals surface area (Å²) in [6, 6.07) is 8.00. The number of aryl methyl sites for hydroxylation is 1. The molecule has 5 heteroatoms. The molecule has 106 valence electrons. The van der Waals surface area contributed by atoms with E-state index in [-0.39, 0.29) is 11.8 Å². The van der Waals surface area contributed by atoms with Crippen molar-refractivity contribution >= 4 is 5.91 Å². The van der Waals surface area contributed by atoms with E-state index in [1.54, 1.807) is 0 Å². The van der Waals surface area contributed by atoms with E-state index in [1.807, 2.05) is 44.4 Å². The van der Waals surface area contributed by atoms with Crippen LogP contribution in [0.4, 0.5) is 0 Å². The molecule has 5 nitrogen and oxygen atoms in total. The summed E-state index contributed by atoms with van der Waals surface area (Å²) in [4.78, 5) is 15.8. The highest BCUT2D eigenvalue weighted by molar-refractivity contribution is 5.82. The molecule has 0 aliphatic carbocycles. The van der Waals surface area contributed by atoms with E-state index >= 15 is 0 Å². The standard InChI is InChI=1S/C15H20N4O/c1-10(15(20)18-16)14-6-4-13(5-7-14)8-19-9-17-11(2)12(19)3/h4-7,9-10H,8,16H2,1-3H3,(H,18,20). The summed E-state index contributed by atoms with van der Waals surface area (Å²) >= 11 is 0. The Morgan fingerprint density at radius 1 is 1.35 bits per heavy atom. The molecule has 0 aliphatic rings. The van der Waals surface area contributed by atoms with Crippen LogP contribution in [0.25, 0.3) is 0 Å². The highest BCUT2D eigenvalue weighted by Gasteiger charge is 2.13. The number of nitrogens with one attached hydrogen (secondary N) is 1. The Kier molecular flexibility index (Phi) is 4.20. The number of amides is 1. The van der Waals surface area contributed by atoms with Crippen molar-refractivity contribution in [2.45, 2.75) is 33.2 Å². The second kappa shape index (κ2) is 5.88. The number of nitrogens with two attached hydrogens (primary N) is 1. The highest BCUT2D eigenvalue weighted by Crippen LogP contribution is 2.17. The van der Waals surface area contributed by atoms with Crippen LogP contribution in [-0.2, 0) is 11.3 Å². The van der Waals surface area contributed by atoms with Gasteiger partial charge in [-0.2, -0.15) is 0 Å². The third-order valence-electron chi connectivity index (χ3n) is 3.71. The SMILES string of the molecule is Cc1ncn(Cc2ccc(C(C)C(=O)NN)cc2)c1C. The molecule has 0 radical (unpaired) electrons. The Hall–Kier alpha value is -2.14.